The van der Waals surface area contributed by atoms with Gasteiger partial charge >= 0.3 is 0 Å². The number of hydrogen-bond acceptors (Lipinski definition) is 4. The molecule has 40 heavy (non-hydrogen) atoms. The molecule has 1 N–H and O–H groups in total. The molecule has 0 radical (unpaired) electrons. The second-order valence-electron chi connectivity index (χ2n) is 9.54. The first-order chi connectivity index (χ1) is 18.9. The maximum absolute atomic E-state index is 14.1. The van der Waals surface area contributed by atoms with Gasteiger partial charge in [-0.3, -0.25) is 13.9 Å². The van der Waals surface area contributed by atoms with E-state index in [1.54, 1.807) is 36.4 Å². The van der Waals surface area contributed by atoms with Crippen LogP contribution in [0.25, 0.3) is 0 Å². The molecule has 0 spiro atoms. The quantitative estimate of drug-likeness (QED) is 0.269. The summed E-state index contributed by atoms with van der Waals surface area (Å²) in [5, 5.41) is 3.95. The van der Waals surface area contributed by atoms with Crippen LogP contribution in [0.5, 0.6) is 0 Å². The Hall–Kier alpha value is -2.78. The average Bonchev–Trinajstić information content (AvgIpc) is 2.90. The highest BCUT2D eigenvalue weighted by molar-refractivity contribution is 7.92. The highest BCUT2D eigenvalue weighted by Crippen LogP contribution is 2.26. The van der Waals surface area contributed by atoms with Crippen LogP contribution in [0.4, 0.5) is 5.69 Å². The van der Waals surface area contributed by atoms with E-state index in [4.69, 9.17) is 34.8 Å². The molecule has 0 aliphatic heterocycles. The van der Waals surface area contributed by atoms with Gasteiger partial charge in [0.1, 0.15) is 12.6 Å². The molecule has 3 aromatic carbocycles. The first-order valence-corrected chi connectivity index (χ1v) is 15.7. The zero-order valence-corrected chi connectivity index (χ0v) is 25.6. The Kier molecular flexibility index (Phi) is 11.3. The molecule has 0 aliphatic rings. The molecule has 0 fully saturated rings. The summed E-state index contributed by atoms with van der Waals surface area (Å²) in [5.74, 6) is -0.919. The summed E-state index contributed by atoms with van der Waals surface area (Å²) in [6.45, 7) is 3.29. The summed E-state index contributed by atoms with van der Waals surface area (Å²) < 4.78 is 26.6. The van der Waals surface area contributed by atoms with Crippen LogP contribution in [0.2, 0.25) is 15.1 Å². The molecule has 2 atom stereocenters. The van der Waals surface area contributed by atoms with Gasteiger partial charge in [-0.2, -0.15) is 0 Å². The van der Waals surface area contributed by atoms with E-state index in [0.29, 0.717) is 27.1 Å². The molecular formula is C29H32Cl3N3O4S. The van der Waals surface area contributed by atoms with Crippen molar-refractivity contribution in [3.63, 3.8) is 0 Å². The van der Waals surface area contributed by atoms with Crippen LogP contribution in [0.3, 0.4) is 0 Å². The van der Waals surface area contributed by atoms with Gasteiger partial charge in [-0.25, -0.2) is 8.42 Å². The van der Waals surface area contributed by atoms with Crippen molar-refractivity contribution in [3.8, 4) is 0 Å². The monoisotopic (exact) mass is 623 g/mol. The largest absolute Gasteiger partial charge is 0.352 e. The van der Waals surface area contributed by atoms with E-state index in [9.17, 15) is 18.0 Å². The highest BCUT2D eigenvalue weighted by Gasteiger charge is 2.33. The zero-order chi connectivity index (χ0) is 29.4. The van der Waals surface area contributed by atoms with Crippen molar-refractivity contribution in [1.29, 1.82) is 0 Å². The third-order valence-electron chi connectivity index (χ3n) is 6.38. The van der Waals surface area contributed by atoms with Crippen molar-refractivity contribution in [2.45, 2.75) is 45.3 Å². The fraction of sp³-hybridized carbons (Fsp3) is 0.310. The number of benzene rings is 3. The predicted molar refractivity (Wildman–Crippen MR) is 162 cm³/mol. The first-order valence-electron chi connectivity index (χ1n) is 12.7. The molecule has 3 aromatic rings. The van der Waals surface area contributed by atoms with Crippen LogP contribution >= 0.6 is 34.8 Å². The van der Waals surface area contributed by atoms with Crippen LogP contribution < -0.4 is 9.62 Å². The van der Waals surface area contributed by atoms with Crippen molar-refractivity contribution in [1.82, 2.24) is 10.2 Å². The number of halogens is 3. The van der Waals surface area contributed by atoms with E-state index >= 15 is 0 Å². The zero-order valence-electron chi connectivity index (χ0n) is 22.5. The van der Waals surface area contributed by atoms with Gasteiger partial charge in [0.15, 0.2) is 0 Å². The Labute approximate surface area is 251 Å². The van der Waals surface area contributed by atoms with Crippen LogP contribution in [-0.2, 0) is 32.6 Å². The van der Waals surface area contributed by atoms with E-state index in [-0.39, 0.29) is 30.6 Å². The summed E-state index contributed by atoms with van der Waals surface area (Å²) in [7, 11) is -3.89. The Morgan fingerprint density at radius 3 is 2.20 bits per heavy atom. The third kappa shape index (κ3) is 8.86. The molecule has 3 rings (SSSR count). The molecule has 11 heteroatoms. The number of hydrogen-bond donors (Lipinski definition) is 1. The molecule has 214 valence electrons. The van der Waals surface area contributed by atoms with Gasteiger partial charge in [-0.15, -0.1) is 0 Å². The first kappa shape index (κ1) is 31.7. The van der Waals surface area contributed by atoms with Gasteiger partial charge in [0.2, 0.25) is 21.8 Å². The lowest BCUT2D eigenvalue weighted by Gasteiger charge is -2.34. The molecule has 0 aromatic heterocycles. The SMILES string of the molecule is CC[C@@H](C)NC(=O)[C@H](Cc1ccccc1)N(Cc1ccc(Cl)c(Cl)c1)C(=O)CN(c1cccc(Cl)c1)S(C)(=O)=O. The van der Waals surface area contributed by atoms with Crippen molar-refractivity contribution in [2.24, 2.45) is 0 Å². The third-order valence-corrected chi connectivity index (χ3v) is 8.50. The van der Waals surface area contributed by atoms with E-state index in [1.165, 1.54) is 11.0 Å². The van der Waals surface area contributed by atoms with E-state index in [2.05, 4.69) is 5.32 Å². The fourth-order valence-corrected chi connectivity index (χ4v) is 5.42. The van der Waals surface area contributed by atoms with E-state index < -0.39 is 28.5 Å². The predicted octanol–water partition coefficient (Wildman–Crippen LogP) is 5.97. The maximum Gasteiger partial charge on any atom is 0.244 e. The molecule has 0 unspecified atom stereocenters. The molecule has 2 amide bonds. The van der Waals surface area contributed by atoms with Crippen molar-refractivity contribution in [2.75, 3.05) is 17.1 Å². The summed E-state index contributed by atoms with van der Waals surface area (Å²) >= 11 is 18.5. The lowest BCUT2D eigenvalue weighted by Crippen LogP contribution is -2.54. The van der Waals surface area contributed by atoms with Gasteiger partial charge in [-0.05, 0) is 54.8 Å². The van der Waals surface area contributed by atoms with Gasteiger partial charge < -0.3 is 10.2 Å². The minimum atomic E-state index is -3.89. The maximum atomic E-state index is 14.1. The van der Waals surface area contributed by atoms with Crippen LogP contribution in [-0.4, -0.2) is 50.0 Å². The second-order valence-corrected chi connectivity index (χ2v) is 12.7. The van der Waals surface area contributed by atoms with Crippen molar-refractivity contribution >= 4 is 62.3 Å². The van der Waals surface area contributed by atoms with Crippen LogP contribution in [0.15, 0.2) is 72.8 Å². The number of amides is 2. The minimum absolute atomic E-state index is 0.00566. The number of carbonyl (C=O) groups excluding carboxylic acids is 2. The Morgan fingerprint density at radius 2 is 1.60 bits per heavy atom. The normalized spacial score (nSPS) is 12.8. The van der Waals surface area contributed by atoms with Crippen molar-refractivity contribution < 1.29 is 18.0 Å². The Bertz CT molecular complexity index is 1440. The van der Waals surface area contributed by atoms with Crippen LogP contribution in [0, 0.1) is 0 Å². The van der Waals surface area contributed by atoms with Gasteiger partial charge in [-0.1, -0.05) is 84.2 Å². The number of sulfonamides is 1. The second kappa shape index (κ2) is 14.2. The lowest BCUT2D eigenvalue weighted by atomic mass is 10.0. The van der Waals surface area contributed by atoms with E-state index in [1.807, 2.05) is 44.2 Å². The molecular weight excluding hydrogens is 593 g/mol. The molecule has 7 nitrogen and oxygen atoms in total. The average molecular weight is 625 g/mol. The minimum Gasteiger partial charge on any atom is -0.352 e. The highest BCUT2D eigenvalue weighted by atomic mass is 35.5. The summed E-state index contributed by atoms with van der Waals surface area (Å²) in [6.07, 6.45) is 1.93. The van der Waals surface area contributed by atoms with Gasteiger partial charge in [0.25, 0.3) is 0 Å². The molecule has 0 aliphatic carbocycles. The Balaban J connectivity index is 2.08. The topological polar surface area (TPSA) is 86.8 Å². The number of nitrogens with zero attached hydrogens (tertiary/aromatic N) is 2. The molecule has 0 heterocycles. The standard InChI is InChI=1S/C29H32Cl3N3O4S/c1-4-20(2)33-29(37)27(16-21-9-6-5-7-10-21)34(18-22-13-14-25(31)26(32)15-22)28(36)19-35(40(3,38)39)24-12-8-11-23(30)17-24/h5-15,17,20,27H,4,16,18-19H2,1-3H3,(H,33,37)/t20-,27+/m1/s1. The smallest absolute Gasteiger partial charge is 0.244 e. The number of anilines is 1. The Morgan fingerprint density at radius 1 is 0.900 bits per heavy atom. The number of nitrogens with one attached hydrogen (secondary N) is 1. The molecule has 0 saturated heterocycles. The summed E-state index contributed by atoms with van der Waals surface area (Å²) in [5.41, 5.74) is 1.71. The van der Waals surface area contributed by atoms with E-state index in [0.717, 1.165) is 16.1 Å². The number of carbonyl (C=O) groups is 2. The fourth-order valence-electron chi connectivity index (χ4n) is 4.07. The van der Waals surface area contributed by atoms with Crippen molar-refractivity contribution in [3.05, 3.63) is 99.0 Å². The van der Waals surface area contributed by atoms with Gasteiger partial charge in [0.05, 0.1) is 22.0 Å². The molecule has 0 saturated carbocycles. The number of rotatable bonds is 12. The lowest BCUT2D eigenvalue weighted by molar-refractivity contribution is -0.140. The summed E-state index contributed by atoms with van der Waals surface area (Å²) in [4.78, 5) is 29.1. The van der Waals surface area contributed by atoms with Gasteiger partial charge in [0, 0.05) is 24.0 Å². The summed E-state index contributed by atoms with van der Waals surface area (Å²) in [6, 6.07) is 19.4. The van der Waals surface area contributed by atoms with Crippen LogP contribution in [0.1, 0.15) is 31.4 Å². The molecule has 0 bridgehead atoms.